The Morgan fingerprint density at radius 1 is 1.17 bits per heavy atom. The summed E-state index contributed by atoms with van der Waals surface area (Å²) in [6.07, 6.45) is 1.55. The van der Waals surface area contributed by atoms with E-state index in [9.17, 15) is 19.7 Å². The summed E-state index contributed by atoms with van der Waals surface area (Å²) in [6, 6.07) is 9.48. The topological polar surface area (TPSA) is 107 Å². The van der Waals surface area contributed by atoms with Crippen LogP contribution in [0.2, 0.25) is 5.02 Å². The van der Waals surface area contributed by atoms with Gasteiger partial charge in [-0.15, -0.1) is 11.3 Å². The van der Waals surface area contributed by atoms with E-state index in [0.717, 1.165) is 0 Å². The number of hydrogen-bond donors (Lipinski definition) is 0. The number of nitrogens with zero attached hydrogens (tertiary/aromatic N) is 3. The molecule has 4 aromatic rings. The number of anilines is 1. The second-order valence-corrected chi connectivity index (χ2v) is 7.86. The largest absolute Gasteiger partial charge is 0.450 e. The first-order valence-corrected chi connectivity index (χ1v) is 9.95. The number of fused-ring (bicyclic) bond motifs is 2. The van der Waals surface area contributed by atoms with Crippen LogP contribution in [0.15, 0.2) is 63.3 Å². The molecule has 0 bridgehead atoms. The first-order chi connectivity index (χ1) is 14.5. The van der Waals surface area contributed by atoms with Crippen molar-refractivity contribution in [1.29, 1.82) is 0 Å². The van der Waals surface area contributed by atoms with Crippen LogP contribution in [0.3, 0.4) is 0 Å². The van der Waals surface area contributed by atoms with Crippen molar-refractivity contribution in [2.24, 2.45) is 0 Å². The third kappa shape index (κ3) is 2.71. The molecule has 2 aromatic heterocycles. The maximum atomic E-state index is 13.4. The molecule has 0 aliphatic carbocycles. The zero-order valence-corrected chi connectivity index (χ0v) is 16.5. The molecule has 8 nitrogen and oxygen atoms in total. The number of carbonyl (C=O) groups excluding carboxylic acids is 1. The number of carbonyl (C=O) groups is 1. The van der Waals surface area contributed by atoms with E-state index in [1.165, 1.54) is 46.6 Å². The van der Waals surface area contributed by atoms with Gasteiger partial charge in [-0.2, -0.15) is 0 Å². The zero-order valence-electron chi connectivity index (χ0n) is 14.9. The Hall–Kier alpha value is -3.56. The summed E-state index contributed by atoms with van der Waals surface area (Å²) in [7, 11) is 0. The van der Waals surface area contributed by atoms with Crippen molar-refractivity contribution in [3.8, 4) is 0 Å². The van der Waals surface area contributed by atoms with Crippen molar-refractivity contribution >= 4 is 50.6 Å². The lowest BCUT2D eigenvalue weighted by molar-refractivity contribution is -0.384. The van der Waals surface area contributed by atoms with Gasteiger partial charge in [-0.3, -0.25) is 24.6 Å². The molecule has 0 fully saturated rings. The fourth-order valence-corrected chi connectivity index (χ4v) is 4.41. The van der Waals surface area contributed by atoms with Crippen LogP contribution in [-0.4, -0.2) is 15.8 Å². The number of hydrogen-bond acceptors (Lipinski definition) is 7. The van der Waals surface area contributed by atoms with Gasteiger partial charge in [-0.05, 0) is 35.9 Å². The number of amides is 1. The molecule has 0 spiro atoms. The van der Waals surface area contributed by atoms with Crippen LogP contribution in [0.4, 0.5) is 10.8 Å². The summed E-state index contributed by atoms with van der Waals surface area (Å²) in [4.78, 5) is 42.7. The van der Waals surface area contributed by atoms with Gasteiger partial charge >= 0.3 is 0 Å². The Labute approximate surface area is 177 Å². The molecule has 0 saturated heterocycles. The molecule has 1 aliphatic heterocycles. The Balaban J connectivity index is 1.79. The third-order valence-electron chi connectivity index (χ3n) is 4.88. The van der Waals surface area contributed by atoms with Crippen LogP contribution in [0.5, 0.6) is 0 Å². The second-order valence-electron chi connectivity index (χ2n) is 6.56. The number of rotatable bonds is 3. The van der Waals surface area contributed by atoms with Crippen LogP contribution >= 0.6 is 22.9 Å². The highest BCUT2D eigenvalue weighted by molar-refractivity contribution is 7.13. The SMILES string of the molecule is O=C1c2oc3ccc(Cl)cc3c(=O)c2[C@@H](c2ccc([N+](=O)[O-])cc2)N1c1nccs1. The predicted octanol–water partition coefficient (Wildman–Crippen LogP) is 4.56. The zero-order chi connectivity index (χ0) is 21.0. The number of nitro groups is 1. The summed E-state index contributed by atoms with van der Waals surface area (Å²) in [5.41, 5.74) is 0.446. The smallest absolute Gasteiger partial charge is 0.297 e. The van der Waals surface area contributed by atoms with Crippen molar-refractivity contribution in [3.63, 3.8) is 0 Å². The van der Waals surface area contributed by atoms with Crippen molar-refractivity contribution in [2.75, 3.05) is 4.90 Å². The number of non-ortho nitro benzene ring substituents is 1. The Morgan fingerprint density at radius 2 is 1.93 bits per heavy atom. The first kappa shape index (κ1) is 18.5. The predicted molar refractivity (Wildman–Crippen MR) is 111 cm³/mol. The normalized spacial score (nSPS) is 15.6. The highest BCUT2D eigenvalue weighted by Crippen LogP contribution is 2.42. The highest BCUT2D eigenvalue weighted by Gasteiger charge is 2.44. The fourth-order valence-electron chi connectivity index (χ4n) is 3.57. The van der Waals surface area contributed by atoms with Crippen LogP contribution in [0.25, 0.3) is 11.0 Å². The van der Waals surface area contributed by atoms with E-state index in [4.69, 9.17) is 16.0 Å². The van der Waals surface area contributed by atoms with E-state index in [0.29, 0.717) is 15.7 Å². The number of aromatic nitrogens is 1. The van der Waals surface area contributed by atoms with Crippen LogP contribution in [0.1, 0.15) is 27.7 Å². The van der Waals surface area contributed by atoms with Gasteiger partial charge in [0.15, 0.2) is 10.6 Å². The van der Waals surface area contributed by atoms with Gasteiger partial charge in [0.2, 0.25) is 5.76 Å². The molecule has 1 atom stereocenters. The molecule has 10 heteroatoms. The molecule has 0 unspecified atom stereocenters. The van der Waals surface area contributed by atoms with Crippen LogP contribution in [0, 0.1) is 10.1 Å². The van der Waals surface area contributed by atoms with E-state index in [-0.39, 0.29) is 33.4 Å². The third-order valence-corrected chi connectivity index (χ3v) is 5.88. The van der Waals surface area contributed by atoms with Gasteiger partial charge in [0.05, 0.1) is 21.9 Å². The molecule has 2 aromatic carbocycles. The summed E-state index contributed by atoms with van der Waals surface area (Å²) in [5.74, 6) is -0.578. The number of halogens is 1. The fraction of sp³-hybridized carbons (Fsp3) is 0.0500. The van der Waals surface area contributed by atoms with Crippen molar-refractivity contribution in [2.45, 2.75) is 6.04 Å². The summed E-state index contributed by atoms with van der Waals surface area (Å²) in [5, 5.41) is 13.7. The van der Waals surface area contributed by atoms with E-state index >= 15 is 0 Å². The Kier molecular flexibility index (Phi) is 4.16. The van der Waals surface area contributed by atoms with E-state index in [2.05, 4.69) is 4.98 Å². The Bertz CT molecular complexity index is 1380. The minimum atomic E-state index is -0.834. The lowest BCUT2D eigenvalue weighted by Gasteiger charge is -2.22. The molecule has 1 aliphatic rings. The van der Waals surface area contributed by atoms with Gasteiger partial charge in [0.1, 0.15) is 5.58 Å². The lowest BCUT2D eigenvalue weighted by Crippen LogP contribution is -2.29. The molecular formula is C20H10ClN3O5S. The summed E-state index contributed by atoms with van der Waals surface area (Å²) in [6.45, 7) is 0. The lowest BCUT2D eigenvalue weighted by atomic mass is 9.98. The highest BCUT2D eigenvalue weighted by atomic mass is 35.5. The van der Waals surface area contributed by atoms with Gasteiger partial charge < -0.3 is 4.42 Å². The van der Waals surface area contributed by atoms with Gasteiger partial charge in [0.25, 0.3) is 11.6 Å². The van der Waals surface area contributed by atoms with Crippen LogP contribution in [-0.2, 0) is 0 Å². The molecule has 3 heterocycles. The molecule has 30 heavy (non-hydrogen) atoms. The van der Waals surface area contributed by atoms with E-state index in [1.54, 1.807) is 23.7 Å². The van der Waals surface area contributed by atoms with Crippen molar-refractivity contribution in [1.82, 2.24) is 4.98 Å². The molecule has 0 saturated carbocycles. The number of nitro benzene ring substituents is 1. The average Bonchev–Trinajstić information content (AvgIpc) is 3.35. The molecule has 0 radical (unpaired) electrons. The van der Waals surface area contributed by atoms with Gasteiger partial charge in [0, 0.05) is 28.7 Å². The molecular weight excluding hydrogens is 430 g/mol. The first-order valence-electron chi connectivity index (χ1n) is 8.69. The quantitative estimate of drug-likeness (QED) is 0.342. The summed E-state index contributed by atoms with van der Waals surface area (Å²) >= 11 is 7.29. The minimum absolute atomic E-state index is 0.0756. The minimum Gasteiger partial charge on any atom is -0.450 e. The summed E-state index contributed by atoms with van der Waals surface area (Å²) < 4.78 is 5.81. The number of benzene rings is 2. The van der Waals surface area contributed by atoms with Crippen molar-refractivity contribution in [3.05, 3.63) is 96.3 Å². The molecule has 1 amide bonds. The molecule has 0 N–H and O–H groups in total. The molecule has 148 valence electrons. The second kappa shape index (κ2) is 6.75. The van der Waals surface area contributed by atoms with Crippen LogP contribution < -0.4 is 10.3 Å². The standard InChI is InChI=1S/C20H10ClN3O5S/c21-11-3-6-14-13(9-11)17(25)15-16(10-1-4-12(5-2-10)24(27)28)23(19(26)18(15)29-14)20-22-7-8-30-20/h1-9,16H/t16-/m1/s1. The maximum absolute atomic E-state index is 13.4. The van der Waals surface area contributed by atoms with Gasteiger partial charge in [-0.25, -0.2) is 4.98 Å². The van der Waals surface area contributed by atoms with E-state index in [1.807, 2.05) is 0 Å². The Morgan fingerprint density at radius 3 is 2.60 bits per heavy atom. The average molecular weight is 440 g/mol. The van der Waals surface area contributed by atoms with E-state index < -0.39 is 16.9 Å². The monoisotopic (exact) mass is 439 g/mol. The van der Waals surface area contributed by atoms with Gasteiger partial charge in [-0.1, -0.05) is 11.6 Å². The number of thiazole rings is 1. The van der Waals surface area contributed by atoms with Crippen molar-refractivity contribution < 1.29 is 14.1 Å². The maximum Gasteiger partial charge on any atom is 0.297 e. The molecule has 5 rings (SSSR count).